The molecule has 5 atom stereocenters. The predicted molar refractivity (Wildman–Crippen MR) is 146 cm³/mol. The molecule has 222 valence electrons. The summed E-state index contributed by atoms with van der Waals surface area (Å²) in [4.78, 5) is 38.2. The third-order valence-corrected chi connectivity index (χ3v) is 8.09. The number of fused-ring (bicyclic) bond motifs is 4. The van der Waals surface area contributed by atoms with Crippen LogP contribution in [-0.4, -0.2) is 86.6 Å². The van der Waals surface area contributed by atoms with Crippen molar-refractivity contribution in [3.05, 3.63) is 6.33 Å². The van der Waals surface area contributed by atoms with Crippen molar-refractivity contribution in [2.24, 2.45) is 0 Å². The van der Waals surface area contributed by atoms with E-state index in [2.05, 4.69) is 9.97 Å². The molecule has 0 N–H and O–H groups in total. The van der Waals surface area contributed by atoms with Crippen molar-refractivity contribution in [3.63, 3.8) is 0 Å². The monoisotopic (exact) mass is 560 g/mol. The van der Waals surface area contributed by atoms with Crippen molar-refractivity contribution >= 4 is 12.2 Å². The van der Waals surface area contributed by atoms with Crippen LogP contribution in [0.1, 0.15) is 92.9 Å². The molecule has 4 fully saturated rings. The lowest BCUT2D eigenvalue weighted by Crippen LogP contribution is -2.51. The van der Waals surface area contributed by atoms with Gasteiger partial charge in [-0.3, -0.25) is 0 Å². The lowest BCUT2D eigenvalue weighted by Gasteiger charge is -2.39. The highest BCUT2D eigenvalue weighted by molar-refractivity contribution is 5.70. The number of piperidine rings is 2. The number of aromatic nitrogens is 2. The standard InChI is InChI=1S/C29H44N4O7/c1-28(2,3)39-26(34)32-17-8-9-18(32)13-21(12-17)37-24-23(36-7)25(31-16-30-24)38-22-14-19-10-11-20(15-22)33(19)27(35)40-29(4,5)6/h16-22H,8-15H2,1-7H3/t17-,18+,19?,20?,21-,22?. The van der Waals surface area contributed by atoms with E-state index < -0.39 is 11.2 Å². The molecule has 0 radical (unpaired) electrons. The lowest BCUT2D eigenvalue weighted by molar-refractivity contribution is -0.00823. The topological polar surface area (TPSA) is 113 Å². The Bertz CT molecular complexity index is 993. The van der Waals surface area contributed by atoms with Gasteiger partial charge in [-0.2, -0.15) is 9.97 Å². The van der Waals surface area contributed by atoms with E-state index in [1.807, 2.05) is 51.3 Å². The summed E-state index contributed by atoms with van der Waals surface area (Å²) in [5.74, 6) is 1.06. The van der Waals surface area contributed by atoms with Crippen molar-refractivity contribution in [1.29, 1.82) is 0 Å². The number of ether oxygens (including phenoxy) is 5. The minimum absolute atomic E-state index is 0.0767. The number of nitrogens with zero attached hydrogens (tertiary/aromatic N) is 4. The van der Waals surface area contributed by atoms with Gasteiger partial charge in [-0.25, -0.2) is 9.59 Å². The number of rotatable bonds is 5. The van der Waals surface area contributed by atoms with Crippen molar-refractivity contribution < 1.29 is 33.3 Å². The highest BCUT2D eigenvalue weighted by atomic mass is 16.6. The van der Waals surface area contributed by atoms with Crippen molar-refractivity contribution in [1.82, 2.24) is 19.8 Å². The summed E-state index contributed by atoms with van der Waals surface area (Å²) in [6, 6.07) is 0.307. The fraction of sp³-hybridized carbons (Fsp3) is 0.793. The first-order valence-corrected chi connectivity index (χ1v) is 14.6. The molecule has 11 heteroatoms. The minimum Gasteiger partial charge on any atom is -0.487 e. The molecule has 1 aromatic heterocycles. The van der Waals surface area contributed by atoms with E-state index in [0.29, 0.717) is 43.2 Å². The number of carbonyl (C=O) groups is 2. The third kappa shape index (κ3) is 6.17. The van der Waals surface area contributed by atoms with Crippen molar-refractivity contribution in [3.8, 4) is 17.5 Å². The summed E-state index contributed by atoms with van der Waals surface area (Å²) in [5.41, 5.74) is -1.05. The maximum atomic E-state index is 12.8. The van der Waals surface area contributed by atoms with Crippen LogP contribution in [0.15, 0.2) is 6.33 Å². The van der Waals surface area contributed by atoms with Crippen LogP contribution in [0.2, 0.25) is 0 Å². The van der Waals surface area contributed by atoms with Crippen LogP contribution in [0, 0.1) is 0 Å². The second-order valence-corrected chi connectivity index (χ2v) is 13.5. The van der Waals surface area contributed by atoms with Crippen molar-refractivity contribution in [2.45, 2.75) is 140 Å². The van der Waals surface area contributed by atoms with Gasteiger partial charge in [-0.05, 0) is 67.2 Å². The number of carbonyl (C=O) groups excluding carboxylic acids is 2. The first kappa shape index (κ1) is 28.5. The Labute approximate surface area is 236 Å². The van der Waals surface area contributed by atoms with Gasteiger partial charge in [0.1, 0.15) is 29.7 Å². The van der Waals surface area contributed by atoms with E-state index in [1.54, 1.807) is 7.11 Å². The van der Waals surface area contributed by atoms with Gasteiger partial charge in [-0.15, -0.1) is 0 Å². The van der Waals surface area contributed by atoms with Crippen LogP contribution in [0.4, 0.5) is 9.59 Å². The smallest absolute Gasteiger partial charge is 0.410 e. The Morgan fingerprint density at radius 2 is 1.05 bits per heavy atom. The number of hydrogen-bond acceptors (Lipinski definition) is 9. The number of hydrogen-bond donors (Lipinski definition) is 0. The zero-order valence-corrected chi connectivity index (χ0v) is 24.8. The molecule has 11 nitrogen and oxygen atoms in total. The fourth-order valence-corrected chi connectivity index (χ4v) is 6.67. The first-order valence-electron chi connectivity index (χ1n) is 14.6. The van der Waals surface area contributed by atoms with E-state index >= 15 is 0 Å². The predicted octanol–water partition coefficient (Wildman–Crippen LogP) is 5.10. The summed E-state index contributed by atoms with van der Waals surface area (Å²) in [7, 11) is 1.56. The Morgan fingerprint density at radius 3 is 1.35 bits per heavy atom. The van der Waals surface area contributed by atoms with Gasteiger partial charge in [-0.1, -0.05) is 0 Å². The molecule has 2 amide bonds. The van der Waals surface area contributed by atoms with E-state index in [-0.39, 0.29) is 48.6 Å². The second kappa shape index (κ2) is 10.8. The molecule has 5 heterocycles. The second-order valence-electron chi connectivity index (χ2n) is 13.5. The molecule has 4 bridgehead atoms. The summed E-state index contributed by atoms with van der Waals surface area (Å²) >= 11 is 0. The molecule has 2 unspecified atom stereocenters. The number of amides is 2. The maximum Gasteiger partial charge on any atom is 0.410 e. The molecule has 4 aliphatic heterocycles. The van der Waals surface area contributed by atoms with Crippen LogP contribution in [-0.2, 0) is 9.47 Å². The summed E-state index contributed by atoms with van der Waals surface area (Å²) in [6.07, 6.45) is 7.25. The van der Waals surface area contributed by atoms with Gasteiger partial charge in [0.05, 0.1) is 7.11 Å². The molecule has 4 saturated heterocycles. The number of methoxy groups -OCH3 is 1. The zero-order chi connectivity index (χ0) is 28.8. The summed E-state index contributed by atoms with van der Waals surface area (Å²) < 4.78 is 29.7. The molecule has 0 aliphatic carbocycles. The maximum absolute atomic E-state index is 12.8. The van der Waals surface area contributed by atoms with E-state index in [0.717, 1.165) is 25.7 Å². The molecular formula is C29H44N4O7. The first-order chi connectivity index (χ1) is 18.8. The Hall–Kier alpha value is -2.98. The van der Waals surface area contributed by atoms with Gasteiger partial charge in [0.15, 0.2) is 0 Å². The van der Waals surface area contributed by atoms with E-state index in [1.165, 1.54) is 6.33 Å². The van der Waals surface area contributed by atoms with E-state index in [9.17, 15) is 9.59 Å². The normalized spacial score (nSPS) is 29.7. The molecule has 1 aromatic rings. The Morgan fingerprint density at radius 1 is 0.700 bits per heavy atom. The molecular weight excluding hydrogens is 516 g/mol. The van der Waals surface area contributed by atoms with Gasteiger partial charge in [0, 0.05) is 49.9 Å². The fourth-order valence-electron chi connectivity index (χ4n) is 6.67. The lowest BCUT2D eigenvalue weighted by atomic mass is 10.00. The highest BCUT2D eigenvalue weighted by Gasteiger charge is 2.47. The van der Waals surface area contributed by atoms with Gasteiger partial charge in [0.25, 0.3) is 11.8 Å². The van der Waals surface area contributed by atoms with Crippen LogP contribution in [0.5, 0.6) is 17.5 Å². The van der Waals surface area contributed by atoms with Crippen LogP contribution in [0.25, 0.3) is 0 Å². The Balaban J connectivity index is 1.22. The minimum atomic E-state index is -0.527. The molecule has 0 spiro atoms. The average molecular weight is 561 g/mol. The zero-order valence-electron chi connectivity index (χ0n) is 24.8. The van der Waals surface area contributed by atoms with E-state index in [4.69, 9.17) is 23.7 Å². The van der Waals surface area contributed by atoms with Gasteiger partial charge >= 0.3 is 12.2 Å². The van der Waals surface area contributed by atoms with Crippen LogP contribution in [0.3, 0.4) is 0 Å². The molecule has 40 heavy (non-hydrogen) atoms. The SMILES string of the molecule is COc1c(OC2CC3CCC(C2)N3C(=O)OC(C)(C)C)ncnc1O[C@@H]1C[C@H]2CC[C@@H](C1)N2C(=O)OC(C)(C)C. The average Bonchev–Trinajstić information content (AvgIpc) is 3.27. The summed E-state index contributed by atoms with van der Waals surface area (Å²) in [6.45, 7) is 11.3. The van der Waals surface area contributed by atoms with Crippen molar-refractivity contribution in [2.75, 3.05) is 7.11 Å². The largest absolute Gasteiger partial charge is 0.487 e. The van der Waals surface area contributed by atoms with Crippen LogP contribution < -0.4 is 14.2 Å². The van der Waals surface area contributed by atoms with Gasteiger partial charge < -0.3 is 33.5 Å². The molecule has 5 rings (SSSR count). The molecule has 4 aliphatic rings. The summed E-state index contributed by atoms with van der Waals surface area (Å²) in [5, 5.41) is 0. The Kier molecular flexibility index (Phi) is 7.69. The van der Waals surface area contributed by atoms with Gasteiger partial charge in [0.2, 0.25) is 5.75 Å². The highest BCUT2D eigenvalue weighted by Crippen LogP contribution is 2.43. The quantitative estimate of drug-likeness (QED) is 0.485. The van der Waals surface area contributed by atoms with Crippen LogP contribution >= 0.6 is 0 Å². The molecule has 0 aromatic carbocycles. The third-order valence-electron chi connectivity index (χ3n) is 8.09. The molecule has 0 saturated carbocycles.